The molecule has 0 aliphatic carbocycles. The molecule has 5 nitrogen and oxygen atoms in total. The Balaban J connectivity index is 2.88. The normalized spacial score (nSPS) is 11.1. The second kappa shape index (κ2) is 4.29. The molecule has 0 radical (unpaired) electrons. The molecule has 0 bridgehead atoms. The summed E-state index contributed by atoms with van der Waals surface area (Å²) in [6, 6.07) is 7.76. The molecule has 0 atom stereocenters. The Morgan fingerprint density at radius 2 is 1.80 bits per heavy atom. The molecule has 80 valence electrons. The molecule has 0 aromatic heterocycles. The molecule has 0 saturated heterocycles. The van der Waals surface area contributed by atoms with Gasteiger partial charge in [0.05, 0.1) is 11.6 Å². The second-order valence-electron chi connectivity index (χ2n) is 2.96. The summed E-state index contributed by atoms with van der Waals surface area (Å²) in [5.74, 6) is 0.183. The number of benzene rings is 1. The van der Waals surface area contributed by atoms with Crippen molar-refractivity contribution in [2.45, 2.75) is 0 Å². The van der Waals surface area contributed by atoms with E-state index in [0.717, 1.165) is 4.31 Å². The van der Waals surface area contributed by atoms with E-state index < -0.39 is 10.3 Å². The van der Waals surface area contributed by atoms with Crippen LogP contribution in [0.15, 0.2) is 24.3 Å². The highest BCUT2D eigenvalue weighted by Gasteiger charge is 2.15. The summed E-state index contributed by atoms with van der Waals surface area (Å²) in [5, 5.41) is 8.53. The summed E-state index contributed by atoms with van der Waals surface area (Å²) in [6.45, 7) is 0. The van der Waals surface area contributed by atoms with Gasteiger partial charge in [0.25, 0.3) is 0 Å². The quantitative estimate of drug-likeness (QED) is 0.762. The van der Waals surface area contributed by atoms with Crippen molar-refractivity contribution in [3.05, 3.63) is 29.8 Å². The molecule has 0 heterocycles. The van der Waals surface area contributed by atoms with Crippen LogP contribution in [-0.4, -0.2) is 26.8 Å². The largest absolute Gasteiger partial charge is 0.384 e. The number of nitriles is 1. The number of hydrogen-bond donors (Lipinski definition) is 0. The van der Waals surface area contributed by atoms with Crippen LogP contribution in [0.2, 0.25) is 0 Å². The summed E-state index contributed by atoms with van der Waals surface area (Å²) in [7, 11) is -0.972. The number of hydrogen-bond acceptors (Lipinski definition) is 4. The van der Waals surface area contributed by atoms with Crippen LogP contribution in [0.4, 0.5) is 0 Å². The minimum Gasteiger partial charge on any atom is -0.371 e. The fourth-order valence-corrected chi connectivity index (χ4v) is 1.28. The van der Waals surface area contributed by atoms with Gasteiger partial charge in [-0.1, -0.05) is 0 Å². The van der Waals surface area contributed by atoms with E-state index in [1.54, 1.807) is 0 Å². The van der Waals surface area contributed by atoms with Gasteiger partial charge in [0.2, 0.25) is 0 Å². The Bertz CT molecular complexity index is 471. The Morgan fingerprint density at radius 1 is 1.27 bits per heavy atom. The molecule has 0 unspecified atom stereocenters. The van der Waals surface area contributed by atoms with Crippen molar-refractivity contribution in [1.29, 1.82) is 5.26 Å². The van der Waals surface area contributed by atoms with E-state index in [-0.39, 0.29) is 5.75 Å². The van der Waals surface area contributed by atoms with Crippen LogP contribution in [0, 0.1) is 11.3 Å². The average molecular weight is 226 g/mol. The molecule has 6 heteroatoms. The van der Waals surface area contributed by atoms with Crippen molar-refractivity contribution in [1.82, 2.24) is 4.31 Å². The molecular formula is C9H10N2O3S. The van der Waals surface area contributed by atoms with Crippen LogP contribution in [0.25, 0.3) is 0 Å². The van der Waals surface area contributed by atoms with Gasteiger partial charge in [-0.15, -0.1) is 0 Å². The number of rotatable bonds is 3. The van der Waals surface area contributed by atoms with Gasteiger partial charge in [-0.25, -0.2) is 0 Å². The first-order valence-corrected chi connectivity index (χ1v) is 5.44. The van der Waals surface area contributed by atoms with Crippen molar-refractivity contribution in [3.8, 4) is 11.8 Å². The first kappa shape index (κ1) is 11.5. The van der Waals surface area contributed by atoms with Gasteiger partial charge < -0.3 is 4.18 Å². The third-order valence-electron chi connectivity index (χ3n) is 1.63. The van der Waals surface area contributed by atoms with E-state index in [0.29, 0.717) is 5.56 Å². The Morgan fingerprint density at radius 3 is 2.20 bits per heavy atom. The molecule has 0 N–H and O–H groups in total. The van der Waals surface area contributed by atoms with E-state index in [9.17, 15) is 8.42 Å². The van der Waals surface area contributed by atoms with Crippen molar-refractivity contribution >= 4 is 10.3 Å². The summed E-state index contributed by atoms with van der Waals surface area (Å²) >= 11 is 0. The minimum absolute atomic E-state index is 0.183. The highest BCUT2D eigenvalue weighted by Crippen LogP contribution is 2.14. The minimum atomic E-state index is -3.72. The van der Waals surface area contributed by atoms with Crippen molar-refractivity contribution in [3.63, 3.8) is 0 Å². The van der Waals surface area contributed by atoms with E-state index in [1.165, 1.54) is 38.4 Å². The third-order valence-corrected chi connectivity index (χ3v) is 2.93. The molecule has 0 amide bonds. The second-order valence-corrected chi connectivity index (χ2v) is 4.71. The molecule has 0 aliphatic heterocycles. The van der Waals surface area contributed by atoms with Crippen molar-refractivity contribution in [2.24, 2.45) is 0 Å². The van der Waals surface area contributed by atoms with Crippen LogP contribution in [0.1, 0.15) is 5.56 Å². The van der Waals surface area contributed by atoms with Crippen LogP contribution in [-0.2, 0) is 10.3 Å². The van der Waals surface area contributed by atoms with Crippen LogP contribution in [0.3, 0.4) is 0 Å². The molecule has 0 fully saturated rings. The van der Waals surface area contributed by atoms with Gasteiger partial charge in [0, 0.05) is 14.1 Å². The standard InChI is InChI=1S/C9H10N2O3S/c1-11(2)15(12,13)14-9-5-3-8(7-10)4-6-9/h3-6H,1-2H3. The van der Waals surface area contributed by atoms with Gasteiger partial charge in [-0.2, -0.15) is 18.0 Å². The van der Waals surface area contributed by atoms with Crippen LogP contribution < -0.4 is 4.18 Å². The SMILES string of the molecule is CN(C)S(=O)(=O)Oc1ccc(C#N)cc1. The van der Waals surface area contributed by atoms with Gasteiger partial charge in [-0.3, -0.25) is 0 Å². The summed E-state index contributed by atoms with van der Waals surface area (Å²) in [6.07, 6.45) is 0. The molecule has 0 spiro atoms. The van der Waals surface area contributed by atoms with Crippen molar-refractivity contribution in [2.75, 3.05) is 14.1 Å². The van der Waals surface area contributed by atoms with Gasteiger partial charge in [0.15, 0.2) is 0 Å². The predicted octanol–water partition coefficient (Wildman–Crippen LogP) is 0.743. The first-order chi connectivity index (χ1) is 6.95. The fraction of sp³-hybridized carbons (Fsp3) is 0.222. The molecule has 1 aromatic rings. The van der Waals surface area contributed by atoms with E-state index >= 15 is 0 Å². The zero-order chi connectivity index (χ0) is 11.5. The Hall–Kier alpha value is -1.58. The smallest absolute Gasteiger partial charge is 0.371 e. The maximum absolute atomic E-state index is 11.3. The van der Waals surface area contributed by atoms with Gasteiger partial charge in [-0.05, 0) is 24.3 Å². The summed E-state index contributed by atoms with van der Waals surface area (Å²) in [5.41, 5.74) is 0.449. The monoisotopic (exact) mass is 226 g/mol. The Kier molecular flexibility index (Phi) is 3.29. The zero-order valence-electron chi connectivity index (χ0n) is 8.34. The molecule has 1 aromatic carbocycles. The molecule has 0 aliphatic rings. The van der Waals surface area contributed by atoms with E-state index in [2.05, 4.69) is 0 Å². The lowest BCUT2D eigenvalue weighted by molar-refractivity contribution is 0.421. The van der Waals surface area contributed by atoms with Crippen LogP contribution in [0.5, 0.6) is 5.75 Å². The molecule has 15 heavy (non-hydrogen) atoms. The zero-order valence-corrected chi connectivity index (χ0v) is 9.15. The molecular weight excluding hydrogens is 216 g/mol. The lowest BCUT2D eigenvalue weighted by atomic mass is 10.2. The summed E-state index contributed by atoms with van der Waals surface area (Å²) < 4.78 is 28.3. The maximum Gasteiger partial charge on any atom is 0.384 e. The van der Waals surface area contributed by atoms with E-state index in [4.69, 9.17) is 9.44 Å². The highest BCUT2D eigenvalue weighted by atomic mass is 32.2. The predicted molar refractivity (Wildman–Crippen MR) is 54.4 cm³/mol. The topological polar surface area (TPSA) is 70.4 Å². The number of nitrogens with zero attached hydrogens (tertiary/aromatic N) is 2. The Labute approximate surface area is 88.8 Å². The third kappa shape index (κ3) is 2.94. The van der Waals surface area contributed by atoms with Gasteiger partial charge >= 0.3 is 10.3 Å². The van der Waals surface area contributed by atoms with Gasteiger partial charge in [0.1, 0.15) is 5.75 Å². The lowest BCUT2D eigenvalue weighted by Gasteiger charge is -2.11. The summed E-state index contributed by atoms with van der Waals surface area (Å²) in [4.78, 5) is 0. The fourth-order valence-electron chi connectivity index (χ4n) is 0.781. The first-order valence-electron chi connectivity index (χ1n) is 4.08. The maximum atomic E-state index is 11.3. The highest BCUT2D eigenvalue weighted by molar-refractivity contribution is 7.84. The lowest BCUT2D eigenvalue weighted by Crippen LogP contribution is -2.26. The van der Waals surface area contributed by atoms with Crippen molar-refractivity contribution < 1.29 is 12.6 Å². The van der Waals surface area contributed by atoms with E-state index in [1.807, 2.05) is 6.07 Å². The molecule has 1 rings (SSSR count). The van der Waals surface area contributed by atoms with Crippen LogP contribution >= 0.6 is 0 Å². The average Bonchev–Trinajstić information content (AvgIpc) is 2.18. The molecule has 0 saturated carbocycles.